The van der Waals surface area contributed by atoms with E-state index in [0.29, 0.717) is 17.9 Å². The first-order chi connectivity index (χ1) is 12.5. The molecule has 3 saturated heterocycles. The molecular weight excluding hydrogens is 328 g/mol. The molecule has 5 heteroatoms. The molecule has 6 rings (SSSR count). The number of carboxylic acid groups (broad SMARTS) is 1. The van der Waals surface area contributed by atoms with Crippen LogP contribution >= 0.6 is 0 Å². The molecule has 0 spiro atoms. The fourth-order valence-corrected chi connectivity index (χ4v) is 5.41. The fourth-order valence-electron chi connectivity index (χ4n) is 5.41. The van der Waals surface area contributed by atoms with Crippen LogP contribution in [0.25, 0.3) is 0 Å². The zero-order valence-electron chi connectivity index (χ0n) is 15.5. The Morgan fingerprint density at radius 2 is 1.88 bits per heavy atom. The Kier molecular flexibility index (Phi) is 4.74. The van der Waals surface area contributed by atoms with Gasteiger partial charge in [0.25, 0.3) is 11.9 Å². The van der Waals surface area contributed by atoms with Gasteiger partial charge in [0.2, 0.25) is 0 Å². The number of aliphatic carboxylic acids is 1. The van der Waals surface area contributed by atoms with Gasteiger partial charge in [-0.2, -0.15) is 0 Å². The van der Waals surface area contributed by atoms with Crippen molar-refractivity contribution < 1.29 is 14.7 Å². The highest BCUT2D eigenvalue weighted by atomic mass is 16.4. The summed E-state index contributed by atoms with van der Waals surface area (Å²) in [5, 5.41) is 7.42. The SMILES string of the molecule is CC(=O)O.O=C1c2cccc3c2[C@H](CCC3)CN1[C@@H]1CN2CCC1CC2. The van der Waals surface area contributed by atoms with E-state index in [1.807, 2.05) is 0 Å². The number of hydrogen-bond donors (Lipinski definition) is 1. The number of nitrogens with zero attached hydrogens (tertiary/aromatic N) is 2. The third-order valence-corrected chi connectivity index (χ3v) is 6.53. The average Bonchev–Trinajstić information content (AvgIpc) is 2.65. The summed E-state index contributed by atoms with van der Waals surface area (Å²) in [6.07, 6.45) is 6.27. The zero-order valence-corrected chi connectivity index (χ0v) is 15.5. The van der Waals surface area contributed by atoms with Crippen LogP contribution in [-0.4, -0.2) is 59.0 Å². The molecule has 5 aliphatic rings. The first kappa shape index (κ1) is 17.5. The van der Waals surface area contributed by atoms with Gasteiger partial charge in [0.05, 0.1) is 0 Å². The Hall–Kier alpha value is -1.88. The van der Waals surface area contributed by atoms with Crippen LogP contribution in [0, 0.1) is 5.92 Å². The van der Waals surface area contributed by atoms with Crippen molar-refractivity contribution >= 4 is 11.9 Å². The molecule has 2 atom stereocenters. The second kappa shape index (κ2) is 7.03. The van der Waals surface area contributed by atoms with Crippen molar-refractivity contribution in [1.82, 2.24) is 9.80 Å². The molecule has 1 aliphatic carbocycles. The minimum absolute atomic E-state index is 0.314. The topological polar surface area (TPSA) is 60.9 Å². The Bertz CT molecular complexity index is 705. The second-order valence-corrected chi connectivity index (χ2v) is 8.15. The fraction of sp³-hybridized carbons (Fsp3) is 0.619. The second-order valence-electron chi connectivity index (χ2n) is 8.15. The van der Waals surface area contributed by atoms with Crippen molar-refractivity contribution in [2.75, 3.05) is 26.2 Å². The molecule has 1 N–H and O–H groups in total. The Balaban J connectivity index is 0.000000385. The number of fused-ring (bicyclic) bond motifs is 3. The predicted molar refractivity (Wildman–Crippen MR) is 99.4 cm³/mol. The summed E-state index contributed by atoms with van der Waals surface area (Å²) in [6, 6.07) is 6.87. The number of amides is 1. The van der Waals surface area contributed by atoms with Crippen LogP contribution < -0.4 is 0 Å². The van der Waals surface area contributed by atoms with Crippen LogP contribution in [-0.2, 0) is 11.2 Å². The van der Waals surface area contributed by atoms with Crippen molar-refractivity contribution in [3.63, 3.8) is 0 Å². The molecule has 0 aromatic heterocycles. The maximum Gasteiger partial charge on any atom is 0.300 e. The van der Waals surface area contributed by atoms with Crippen LogP contribution in [0.5, 0.6) is 0 Å². The van der Waals surface area contributed by atoms with Gasteiger partial charge in [-0.1, -0.05) is 12.1 Å². The highest BCUT2D eigenvalue weighted by molar-refractivity contribution is 5.98. The summed E-state index contributed by atoms with van der Waals surface area (Å²) < 4.78 is 0. The molecule has 4 heterocycles. The molecule has 3 fully saturated rings. The Morgan fingerprint density at radius 1 is 1.15 bits per heavy atom. The number of carbonyl (C=O) groups is 2. The highest BCUT2D eigenvalue weighted by Crippen LogP contribution is 2.41. The maximum atomic E-state index is 13.1. The van der Waals surface area contributed by atoms with Gasteiger partial charge in [0.15, 0.2) is 0 Å². The normalized spacial score (nSPS) is 31.7. The van der Waals surface area contributed by atoms with Gasteiger partial charge in [-0.3, -0.25) is 9.59 Å². The summed E-state index contributed by atoms with van der Waals surface area (Å²) in [6.45, 7) is 5.65. The summed E-state index contributed by atoms with van der Waals surface area (Å²) in [4.78, 5) is 27.0. The number of aryl methyl sites for hydroxylation is 1. The van der Waals surface area contributed by atoms with Crippen LogP contribution in [0.4, 0.5) is 0 Å². The quantitative estimate of drug-likeness (QED) is 0.840. The molecule has 140 valence electrons. The number of carbonyl (C=O) groups excluding carboxylic acids is 1. The maximum absolute atomic E-state index is 13.1. The largest absolute Gasteiger partial charge is 0.481 e. The van der Waals surface area contributed by atoms with Crippen LogP contribution in [0.2, 0.25) is 0 Å². The molecule has 4 aliphatic heterocycles. The van der Waals surface area contributed by atoms with Crippen molar-refractivity contribution in [2.45, 2.75) is 51.0 Å². The third-order valence-electron chi connectivity index (χ3n) is 6.53. The lowest BCUT2D eigenvalue weighted by molar-refractivity contribution is -0.134. The molecule has 26 heavy (non-hydrogen) atoms. The highest BCUT2D eigenvalue weighted by Gasteiger charge is 2.43. The van der Waals surface area contributed by atoms with Gasteiger partial charge in [-0.05, 0) is 68.3 Å². The van der Waals surface area contributed by atoms with Gasteiger partial charge in [-0.15, -0.1) is 0 Å². The lowest BCUT2D eigenvalue weighted by Gasteiger charge is -2.51. The lowest BCUT2D eigenvalue weighted by Crippen LogP contribution is -2.60. The van der Waals surface area contributed by atoms with Crippen molar-refractivity contribution in [2.24, 2.45) is 5.92 Å². The van der Waals surface area contributed by atoms with Gasteiger partial charge in [0.1, 0.15) is 0 Å². The lowest BCUT2D eigenvalue weighted by atomic mass is 9.75. The summed E-state index contributed by atoms with van der Waals surface area (Å²) in [5.74, 6) is 0.809. The molecular formula is C21H28N2O3. The Labute approximate surface area is 155 Å². The summed E-state index contributed by atoms with van der Waals surface area (Å²) in [7, 11) is 0. The molecule has 1 aromatic rings. The van der Waals surface area contributed by atoms with Crippen LogP contribution in [0.1, 0.15) is 60.0 Å². The number of rotatable bonds is 1. The summed E-state index contributed by atoms with van der Waals surface area (Å²) in [5.41, 5.74) is 3.86. The molecule has 1 amide bonds. The third kappa shape index (κ3) is 3.13. The van der Waals surface area contributed by atoms with Crippen molar-refractivity contribution in [3.05, 3.63) is 34.9 Å². The van der Waals surface area contributed by atoms with E-state index < -0.39 is 5.97 Å². The number of benzene rings is 1. The van der Waals surface area contributed by atoms with E-state index in [1.165, 1.54) is 49.9 Å². The molecule has 0 radical (unpaired) electrons. The van der Waals surface area contributed by atoms with Crippen LogP contribution in [0.3, 0.4) is 0 Å². The molecule has 0 saturated carbocycles. The standard InChI is InChI=1S/C19H24N2O.C2H4O2/c22-19-16-6-2-4-14-3-1-5-15(18(14)16)11-21(19)17-12-20-9-7-13(17)8-10-20;1-2(3)4/h2,4,6,13,15,17H,1,3,5,7-12H2;1H3,(H,3,4)/t15-,17-;/m1./s1. The number of piperidine rings is 3. The molecule has 2 bridgehead atoms. The van der Waals surface area contributed by atoms with Gasteiger partial charge in [0, 0.05) is 37.5 Å². The number of carboxylic acids is 1. The first-order valence-corrected chi connectivity index (χ1v) is 9.89. The molecule has 1 aromatic carbocycles. The van der Waals surface area contributed by atoms with E-state index in [9.17, 15) is 4.79 Å². The van der Waals surface area contributed by atoms with E-state index in [1.54, 1.807) is 0 Å². The van der Waals surface area contributed by atoms with E-state index in [-0.39, 0.29) is 0 Å². The van der Waals surface area contributed by atoms with Gasteiger partial charge < -0.3 is 14.9 Å². The monoisotopic (exact) mass is 356 g/mol. The van der Waals surface area contributed by atoms with Crippen molar-refractivity contribution in [3.8, 4) is 0 Å². The van der Waals surface area contributed by atoms with Crippen LogP contribution in [0.15, 0.2) is 18.2 Å². The van der Waals surface area contributed by atoms with E-state index in [4.69, 9.17) is 9.90 Å². The first-order valence-electron chi connectivity index (χ1n) is 9.89. The zero-order chi connectivity index (χ0) is 18.3. The smallest absolute Gasteiger partial charge is 0.300 e. The van der Waals surface area contributed by atoms with Crippen molar-refractivity contribution in [1.29, 1.82) is 0 Å². The summed E-state index contributed by atoms with van der Waals surface area (Å²) >= 11 is 0. The minimum atomic E-state index is -0.833. The predicted octanol–water partition coefficient (Wildman–Crippen LogP) is 2.75. The number of hydrogen-bond acceptors (Lipinski definition) is 3. The molecule has 0 unspecified atom stereocenters. The minimum Gasteiger partial charge on any atom is -0.481 e. The van der Waals surface area contributed by atoms with Gasteiger partial charge >= 0.3 is 0 Å². The van der Waals surface area contributed by atoms with E-state index in [0.717, 1.165) is 37.9 Å². The Morgan fingerprint density at radius 3 is 2.54 bits per heavy atom. The van der Waals surface area contributed by atoms with Gasteiger partial charge in [-0.25, -0.2) is 0 Å². The van der Waals surface area contributed by atoms with E-state index >= 15 is 0 Å². The molecule has 5 nitrogen and oxygen atoms in total. The van der Waals surface area contributed by atoms with E-state index in [2.05, 4.69) is 28.0 Å². The average molecular weight is 356 g/mol.